The number of urea groups is 1. The van der Waals surface area contributed by atoms with E-state index in [0.717, 1.165) is 17.3 Å². The van der Waals surface area contributed by atoms with Crippen LogP contribution in [0.1, 0.15) is 140 Å². The fraction of sp³-hybridized carbons (Fsp3) is 0.844. The van der Waals surface area contributed by atoms with Crippen molar-refractivity contribution in [1.82, 2.24) is 10.2 Å². The minimum absolute atomic E-state index is 0. The second-order valence-corrected chi connectivity index (χ2v) is 12.3. The monoisotopic (exact) mass is 551 g/mol. The van der Waals surface area contributed by atoms with Gasteiger partial charge in [-0.15, -0.1) is 0 Å². The molecule has 5 N–H and O–H groups in total. The van der Waals surface area contributed by atoms with Gasteiger partial charge in [0.2, 0.25) is 0 Å². The Bertz CT molecular complexity index is 729. The minimum Gasteiger partial charge on any atom is -0.335 e. The van der Waals surface area contributed by atoms with Crippen molar-refractivity contribution in [2.24, 2.45) is 39.1 Å². The van der Waals surface area contributed by atoms with Crippen molar-refractivity contribution in [3.63, 3.8) is 0 Å². The molecule has 0 aromatic carbocycles. The zero-order valence-electron chi connectivity index (χ0n) is 25.1. The Kier molecular flexibility index (Phi) is 20.8. The largest absolute Gasteiger partial charge is 0.335 e. The van der Waals surface area contributed by atoms with Crippen molar-refractivity contribution in [2.75, 3.05) is 7.05 Å². The van der Waals surface area contributed by atoms with Gasteiger partial charge in [-0.05, 0) is 76.2 Å². The Hall–Kier alpha value is -2.05. The van der Waals surface area contributed by atoms with E-state index in [9.17, 15) is 4.79 Å². The molecule has 0 aromatic heterocycles. The van der Waals surface area contributed by atoms with E-state index in [2.05, 4.69) is 48.4 Å². The number of rotatable bonds is 4. The summed E-state index contributed by atoms with van der Waals surface area (Å²) in [5, 5.41) is 10.2. The Labute approximate surface area is 242 Å². The van der Waals surface area contributed by atoms with E-state index in [-0.39, 0.29) is 20.9 Å². The van der Waals surface area contributed by atoms with E-state index < -0.39 is 0 Å². The van der Waals surface area contributed by atoms with Gasteiger partial charge < -0.3 is 21.9 Å². The van der Waals surface area contributed by atoms with Crippen LogP contribution < -0.4 is 17.0 Å². The third kappa shape index (κ3) is 15.4. The van der Waals surface area contributed by atoms with Crippen molar-refractivity contribution >= 4 is 17.5 Å². The fourth-order valence-electron chi connectivity index (χ4n) is 5.89. The maximum atomic E-state index is 12.1. The highest BCUT2D eigenvalue weighted by atomic mass is 16.2. The molecule has 230 valence electrons. The van der Waals surface area contributed by atoms with Crippen LogP contribution in [0.3, 0.4) is 0 Å². The minimum atomic E-state index is 0. The summed E-state index contributed by atoms with van der Waals surface area (Å²) in [5.41, 5.74) is 2.23. The standard InChI is InChI=1S/C14H26N2O.C13H24N2.C3H8N2.2CH4/c1-16(13-10-6-3-7-11-13)14(17)15-12-8-4-2-5-9-12;1-10-6-5-9-13(3,4)12(10)8-7-11(2)15-14;1-3(2)5-4;;/h12-13H,2-11H2,1H3,(H,15,17);7-8,10,12H,5-6,9,14H2,1-4H3;4H2,1-2H3;2*1H4/b;8-7+,15-11?;;;. The second kappa shape index (κ2) is 20.8. The number of nitrogens with zero attached hydrogens (tertiary/aromatic N) is 3. The lowest BCUT2D eigenvalue weighted by molar-refractivity contribution is 0.123. The molecule has 0 saturated heterocycles. The van der Waals surface area contributed by atoms with E-state index in [1.807, 2.05) is 32.7 Å². The van der Waals surface area contributed by atoms with Crippen molar-refractivity contribution in [3.05, 3.63) is 12.2 Å². The van der Waals surface area contributed by atoms with E-state index in [1.165, 1.54) is 83.5 Å². The average molecular weight is 551 g/mol. The van der Waals surface area contributed by atoms with Gasteiger partial charge in [-0.25, -0.2) is 4.79 Å². The molecule has 3 saturated carbocycles. The Morgan fingerprint density at radius 2 is 1.38 bits per heavy atom. The molecule has 0 aromatic rings. The number of carbonyl (C=O) groups excluding carboxylic acids is 1. The Morgan fingerprint density at radius 3 is 1.85 bits per heavy atom. The zero-order chi connectivity index (χ0) is 27.8. The summed E-state index contributed by atoms with van der Waals surface area (Å²) in [6.45, 7) is 12.7. The number of hydrazone groups is 2. The lowest BCUT2D eigenvalue weighted by atomic mass is 9.64. The first-order valence-electron chi connectivity index (χ1n) is 14.7. The molecule has 0 radical (unpaired) electrons. The summed E-state index contributed by atoms with van der Waals surface area (Å²) in [6.07, 6.45) is 20.9. The third-order valence-electron chi connectivity index (χ3n) is 8.38. The van der Waals surface area contributed by atoms with E-state index in [1.54, 1.807) is 0 Å². The first kappa shape index (κ1) is 39.1. The SMILES string of the molecule is C.C.CC(/C=C/C1C(C)CCCC1(C)C)=NN.CC(C)=NN.CN(C(=O)NC1CCCCC1)C1CCCCC1. The number of hydrogen-bond donors (Lipinski definition) is 3. The van der Waals surface area contributed by atoms with Crippen molar-refractivity contribution in [3.8, 4) is 0 Å². The first-order chi connectivity index (χ1) is 17.5. The summed E-state index contributed by atoms with van der Waals surface area (Å²) in [5.74, 6) is 11.4. The highest BCUT2D eigenvalue weighted by Gasteiger charge is 2.34. The molecular weight excluding hydrogens is 484 g/mol. The molecule has 0 spiro atoms. The number of carbonyl (C=O) groups is 1. The third-order valence-corrected chi connectivity index (χ3v) is 8.38. The fourth-order valence-corrected chi connectivity index (χ4v) is 5.89. The van der Waals surface area contributed by atoms with Crippen molar-refractivity contribution in [2.45, 2.75) is 152 Å². The average Bonchev–Trinajstić information content (AvgIpc) is 2.89. The molecular formula is C32H66N6O. The maximum Gasteiger partial charge on any atom is 0.317 e. The van der Waals surface area contributed by atoms with E-state index in [0.29, 0.717) is 23.4 Å². The highest BCUT2D eigenvalue weighted by molar-refractivity contribution is 5.92. The molecule has 3 rings (SSSR count). The van der Waals surface area contributed by atoms with Gasteiger partial charge in [-0.1, -0.05) is 93.1 Å². The zero-order valence-corrected chi connectivity index (χ0v) is 25.1. The van der Waals surface area contributed by atoms with Crippen LogP contribution in [-0.2, 0) is 0 Å². The quantitative estimate of drug-likeness (QED) is 0.186. The predicted molar refractivity (Wildman–Crippen MR) is 173 cm³/mol. The lowest BCUT2D eigenvalue weighted by Crippen LogP contribution is -2.48. The van der Waals surface area contributed by atoms with Gasteiger partial charge >= 0.3 is 6.03 Å². The van der Waals surface area contributed by atoms with Gasteiger partial charge in [0.05, 0.1) is 5.71 Å². The van der Waals surface area contributed by atoms with Crippen LogP contribution in [0.15, 0.2) is 22.4 Å². The normalized spacial score (nSPS) is 23.4. The molecule has 3 aliphatic rings. The molecule has 3 fully saturated rings. The number of allylic oxidation sites excluding steroid dienone is 2. The van der Waals surface area contributed by atoms with Crippen LogP contribution in [-0.4, -0.2) is 41.5 Å². The Balaban J connectivity index is 0. The molecule has 2 amide bonds. The van der Waals surface area contributed by atoms with Crippen molar-refractivity contribution < 1.29 is 4.79 Å². The van der Waals surface area contributed by atoms with Gasteiger partial charge in [0.1, 0.15) is 0 Å². The highest BCUT2D eigenvalue weighted by Crippen LogP contribution is 2.44. The Morgan fingerprint density at radius 1 is 0.872 bits per heavy atom. The summed E-state index contributed by atoms with van der Waals surface area (Å²) in [6, 6.07) is 1.07. The molecule has 3 aliphatic carbocycles. The summed E-state index contributed by atoms with van der Waals surface area (Å²) >= 11 is 0. The number of hydrogen-bond acceptors (Lipinski definition) is 5. The topological polar surface area (TPSA) is 109 Å². The second-order valence-electron chi connectivity index (χ2n) is 12.3. The maximum absolute atomic E-state index is 12.1. The van der Waals surface area contributed by atoms with Gasteiger partial charge in [0, 0.05) is 24.8 Å². The molecule has 0 aliphatic heterocycles. The van der Waals surface area contributed by atoms with Crippen LogP contribution >= 0.6 is 0 Å². The van der Waals surface area contributed by atoms with E-state index >= 15 is 0 Å². The van der Waals surface area contributed by atoms with Gasteiger partial charge in [0.15, 0.2) is 0 Å². The molecule has 7 heteroatoms. The molecule has 0 bridgehead atoms. The molecule has 0 heterocycles. The van der Waals surface area contributed by atoms with Gasteiger partial charge in [-0.3, -0.25) is 0 Å². The number of nitrogens with two attached hydrogens (primary N) is 2. The van der Waals surface area contributed by atoms with Gasteiger partial charge in [-0.2, -0.15) is 10.2 Å². The first-order valence-corrected chi connectivity index (χ1v) is 14.7. The molecule has 2 atom stereocenters. The number of nitrogens with one attached hydrogen (secondary N) is 1. The predicted octanol–water partition coefficient (Wildman–Crippen LogP) is 8.25. The van der Waals surface area contributed by atoms with Crippen LogP contribution in [0.25, 0.3) is 0 Å². The molecule has 2 unspecified atom stereocenters. The van der Waals surface area contributed by atoms with Crippen LogP contribution in [0, 0.1) is 17.3 Å². The summed E-state index contributed by atoms with van der Waals surface area (Å²) in [4.78, 5) is 14.1. The van der Waals surface area contributed by atoms with Crippen molar-refractivity contribution in [1.29, 1.82) is 0 Å². The van der Waals surface area contributed by atoms with Crippen LogP contribution in [0.5, 0.6) is 0 Å². The summed E-state index contributed by atoms with van der Waals surface area (Å²) < 4.78 is 0. The van der Waals surface area contributed by atoms with Crippen LogP contribution in [0.2, 0.25) is 0 Å². The smallest absolute Gasteiger partial charge is 0.317 e. The number of amides is 2. The van der Waals surface area contributed by atoms with Gasteiger partial charge in [0.25, 0.3) is 0 Å². The van der Waals surface area contributed by atoms with Crippen LogP contribution in [0.4, 0.5) is 4.79 Å². The summed E-state index contributed by atoms with van der Waals surface area (Å²) in [7, 11) is 1.97. The van der Waals surface area contributed by atoms with E-state index in [4.69, 9.17) is 11.7 Å². The molecule has 7 nitrogen and oxygen atoms in total. The lowest BCUT2D eigenvalue weighted by Gasteiger charge is -2.41. The molecule has 39 heavy (non-hydrogen) atoms.